The molecular formula is C9H6BrN3O2S2. The number of benzene rings is 1. The maximum atomic E-state index is 10.8. The minimum absolute atomic E-state index is 0.0837. The molecule has 2 rings (SSSR count). The van der Waals surface area contributed by atoms with Crippen molar-refractivity contribution in [2.75, 3.05) is 0 Å². The monoisotopic (exact) mass is 331 g/mol. The van der Waals surface area contributed by atoms with Gasteiger partial charge < -0.3 is 0 Å². The molecule has 1 aromatic carbocycles. The largest absolute Gasteiger partial charge is 0.283 e. The maximum absolute atomic E-state index is 10.8. The fourth-order valence-electron chi connectivity index (χ4n) is 1.16. The van der Waals surface area contributed by atoms with Gasteiger partial charge in [-0.05, 0) is 39.1 Å². The quantitative estimate of drug-likeness (QED) is 0.487. The highest BCUT2D eigenvalue weighted by molar-refractivity contribution is 9.10. The molecule has 0 spiro atoms. The summed E-state index contributed by atoms with van der Waals surface area (Å²) in [5, 5.41) is 10.8. The highest BCUT2D eigenvalue weighted by atomic mass is 79.9. The Hall–Kier alpha value is -0.990. The van der Waals surface area contributed by atoms with Gasteiger partial charge in [0.2, 0.25) is 0 Å². The van der Waals surface area contributed by atoms with Crippen LogP contribution < -0.4 is 0 Å². The van der Waals surface area contributed by atoms with Gasteiger partial charge in [-0.15, -0.1) is 0 Å². The van der Waals surface area contributed by atoms with E-state index in [1.165, 1.54) is 29.6 Å². The molecule has 1 aromatic heterocycles. The number of halogens is 1. The van der Waals surface area contributed by atoms with E-state index >= 15 is 0 Å². The third-order valence-electron chi connectivity index (χ3n) is 1.91. The van der Waals surface area contributed by atoms with E-state index in [9.17, 15) is 10.1 Å². The average molecular weight is 332 g/mol. The van der Waals surface area contributed by atoms with Gasteiger partial charge >= 0.3 is 0 Å². The molecule has 17 heavy (non-hydrogen) atoms. The van der Waals surface area contributed by atoms with Crippen molar-refractivity contribution in [3.05, 3.63) is 44.7 Å². The Morgan fingerprint density at radius 2 is 2.35 bits per heavy atom. The van der Waals surface area contributed by atoms with Gasteiger partial charge in [0.1, 0.15) is 6.33 Å². The summed E-state index contributed by atoms with van der Waals surface area (Å²) in [6.07, 6.45) is 1.50. The molecule has 88 valence electrons. The molecule has 0 saturated heterocycles. The zero-order valence-electron chi connectivity index (χ0n) is 8.37. The number of hydrogen-bond acceptors (Lipinski definition) is 6. The zero-order chi connectivity index (χ0) is 12.3. The van der Waals surface area contributed by atoms with Gasteiger partial charge in [-0.2, -0.15) is 4.37 Å². The van der Waals surface area contributed by atoms with Crippen molar-refractivity contribution in [3.63, 3.8) is 0 Å². The number of thioether (sulfide) groups is 1. The van der Waals surface area contributed by atoms with Crippen molar-refractivity contribution < 1.29 is 4.92 Å². The van der Waals surface area contributed by atoms with Crippen LogP contribution in [0.1, 0.15) is 5.56 Å². The lowest BCUT2D eigenvalue weighted by Gasteiger charge is -2.00. The van der Waals surface area contributed by atoms with E-state index in [1.54, 1.807) is 12.1 Å². The molecule has 0 radical (unpaired) electrons. The van der Waals surface area contributed by atoms with Crippen LogP contribution in [0.5, 0.6) is 0 Å². The zero-order valence-corrected chi connectivity index (χ0v) is 11.6. The third-order valence-corrected chi connectivity index (χ3v) is 4.45. The topological polar surface area (TPSA) is 68.9 Å². The smallest absolute Gasteiger partial charge is 0.258 e. The normalized spacial score (nSPS) is 10.4. The maximum Gasteiger partial charge on any atom is 0.283 e. The summed E-state index contributed by atoms with van der Waals surface area (Å²) in [5.74, 6) is 0.642. The number of nitro benzene ring substituents is 1. The number of nitro groups is 1. The molecule has 0 unspecified atom stereocenters. The molecule has 0 N–H and O–H groups in total. The second-order valence-corrected chi connectivity index (χ2v) is 5.90. The molecule has 0 bridgehead atoms. The van der Waals surface area contributed by atoms with Crippen molar-refractivity contribution in [2.45, 2.75) is 10.1 Å². The molecule has 0 saturated carbocycles. The summed E-state index contributed by atoms with van der Waals surface area (Å²) >= 11 is 5.98. The molecule has 0 aliphatic heterocycles. The Morgan fingerprint density at radius 1 is 1.53 bits per heavy atom. The van der Waals surface area contributed by atoms with Crippen LogP contribution >= 0.6 is 39.2 Å². The lowest BCUT2D eigenvalue weighted by atomic mass is 10.2. The molecule has 0 aliphatic carbocycles. The highest BCUT2D eigenvalue weighted by Gasteiger charge is 2.12. The molecule has 0 aliphatic rings. The molecule has 8 heteroatoms. The van der Waals surface area contributed by atoms with Crippen LogP contribution in [0.15, 0.2) is 33.3 Å². The number of hydrogen-bond donors (Lipinski definition) is 0. The van der Waals surface area contributed by atoms with Crippen molar-refractivity contribution in [3.8, 4) is 0 Å². The standard InChI is InChI=1S/C9H6BrN3O2S2/c10-7-2-1-6(3-8(7)13(14)15)4-16-9-11-5-12-17-9/h1-3,5H,4H2. The van der Waals surface area contributed by atoms with Gasteiger partial charge in [0.05, 0.1) is 9.40 Å². The predicted molar refractivity (Wildman–Crippen MR) is 70.3 cm³/mol. The van der Waals surface area contributed by atoms with E-state index < -0.39 is 4.92 Å². The summed E-state index contributed by atoms with van der Waals surface area (Å²) < 4.78 is 5.24. The average Bonchev–Trinajstić information content (AvgIpc) is 2.80. The Labute approximate surface area is 114 Å². The SMILES string of the molecule is O=[N+]([O-])c1cc(CSc2ncns2)ccc1Br. The highest BCUT2D eigenvalue weighted by Crippen LogP contribution is 2.29. The van der Waals surface area contributed by atoms with E-state index in [1.807, 2.05) is 6.07 Å². The molecule has 0 fully saturated rings. The van der Waals surface area contributed by atoms with Gasteiger partial charge in [0.15, 0.2) is 4.34 Å². The van der Waals surface area contributed by atoms with Crippen LogP contribution in [0.2, 0.25) is 0 Å². The lowest BCUT2D eigenvalue weighted by Crippen LogP contribution is -1.91. The molecule has 5 nitrogen and oxygen atoms in total. The summed E-state index contributed by atoms with van der Waals surface area (Å²) in [7, 11) is 0. The summed E-state index contributed by atoms with van der Waals surface area (Å²) in [6, 6.07) is 5.11. The first-order chi connectivity index (χ1) is 8.16. The van der Waals surface area contributed by atoms with Gasteiger partial charge in [-0.3, -0.25) is 10.1 Å². The van der Waals surface area contributed by atoms with Crippen LogP contribution in [-0.4, -0.2) is 14.3 Å². The number of rotatable bonds is 4. The Kier molecular flexibility index (Phi) is 4.08. The van der Waals surface area contributed by atoms with Crippen LogP contribution in [0.25, 0.3) is 0 Å². The Bertz CT molecular complexity index is 533. The molecule has 1 heterocycles. The van der Waals surface area contributed by atoms with Gasteiger partial charge in [0.25, 0.3) is 5.69 Å². The van der Waals surface area contributed by atoms with Crippen LogP contribution in [0.4, 0.5) is 5.69 Å². The fraction of sp³-hybridized carbons (Fsp3) is 0.111. The summed E-state index contributed by atoms with van der Waals surface area (Å²) in [4.78, 5) is 14.4. The van der Waals surface area contributed by atoms with Gasteiger partial charge in [-0.1, -0.05) is 17.8 Å². The fourth-order valence-corrected chi connectivity index (χ4v) is 2.94. The second kappa shape index (κ2) is 5.56. The minimum Gasteiger partial charge on any atom is -0.258 e. The Balaban J connectivity index is 2.11. The van der Waals surface area contributed by atoms with Crippen LogP contribution in [0, 0.1) is 10.1 Å². The van der Waals surface area contributed by atoms with Gasteiger partial charge in [0, 0.05) is 11.8 Å². The van der Waals surface area contributed by atoms with Crippen LogP contribution in [0.3, 0.4) is 0 Å². The number of aromatic nitrogens is 2. The minimum atomic E-state index is -0.400. The Morgan fingerprint density at radius 3 is 3.00 bits per heavy atom. The molecule has 0 atom stereocenters. The first kappa shape index (κ1) is 12.5. The number of nitrogens with zero attached hydrogens (tertiary/aromatic N) is 3. The van der Waals surface area contributed by atoms with E-state index in [-0.39, 0.29) is 5.69 Å². The van der Waals surface area contributed by atoms with Crippen molar-refractivity contribution in [2.24, 2.45) is 0 Å². The van der Waals surface area contributed by atoms with Crippen LogP contribution in [-0.2, 0) is 5.75 Å². The van der Waals surface area contributed by atoms with E-state index in [0.717, 1.165) is 9.90 Å². The lowest BCUT2D eigenvalue weighted by molar-refractivity contribution is -0.385. The first-order valence-electron chi connectivity index (χ1n) is 4.49. The molecule has 0 amide bonds. The van der Waals surface area contributed by atoms with Crippen molar-refractivity contribution in [1.82, 2.24) is 9.36 Å². The van der Waals surface area contributed by atoms with Crippen molar-refractivity contribution >= 4 is 44.9 Å². The molecular weight excluding hydrogens is 326 g/mol. The first-order valence-corrected chi connectivity index (χ1v) is 7.04. The second-order valence-electron chi connectivity index (χ2n) is 3.04. The summed E-state index contributed by atoms with van der Waals surface area (Å²) in [6.45, 7) is 0. The van der Waals surface area contributed by atoms with Gasteiger partial charge in [-0.25, -0.2) is 4.98 Å². The van der Waals surface area contributed by atoms with E-state index in [4.69, 9.17) is 0 Å². The van der Waals surface area contributed by atoms with E-state index in [0.29, 0.717) is 10.2 Å². The summed E-state index contributed by atoms with van der Waals surface area (Å²) in [5.41, 5.74) is 0.973. The predicted octanol–water partition coefficient (Wildman–Crippen LogP) is 3.50. The third kappa shape index (κ3) is 3.24. The molecule has 2 aromatic rings. The van der Waals surface area contributed by atoms with E-state index in [2.05, 4.69) is 25.3 Å². The van der Waals surface area contributed by atoms with Crippen molar-refractivity contribution in [1.29, 1.82) is 0 Å².